The lowest BCUT2D eigenvalue weighted by atomic mass is 10.3. The van der Waals surface area contributed by atoms with Gasteiger partial charge in [-0.05, 0) is 51.7 Å². The molecule has 0 aromatic carbocycles. The van der Waals surface area contributed by atoms with Gasteiger partial charge in [0.05, 0.1) is 0 Å². The molecular formula is C15H25ClN4. The van der Waals surface area contributed by atoms with Crippen LogP contribution in [-0.4, -0.2) is 41.0 Å². The maximum Gasteiger partial charge on any atom is 0.134 e. The number of hydrogen-bond acceptors (Lipinski definition) is 4. The molecule has 0 bridgehead atoms. The predicted molar refractivity (Wildman–Crippen MR) is 84.4 cm³/mol. The summed E-state index contributed by atoms with van der Waals surface area (Å²) in [5.74, 6) is 1.69. The van der Waals surface area contributed by atoms with Gasteiger partial charge < -0.3 is 10.2 Å². The van der Waals surface area contributed by atoms with Gasteiger partial charge in [-0.2, -0.15) is 0 Å². The Hall–Kier alpha value is -0.870. The largest absolute Gasteiger partial charge is 0.370 e. The van der Waals surface area contributed by atoms with Crippen LogP contribution >= 0.6 is 11.6 Å². The third-order valence-corrected chi connectivity index (χ3v) is 3.81. The van der Waals surface area contributed by atoms with Gasteiger partial charge in [0.25, 0.3) is 0 Å². The van der Waals surface area contributed by atoms with E-state index < -0.39 is 0 Å². The number of nitrogens with one attached hydrogen (secondary N) is 1. The zero-order chi connectivity index (χ0) is 14.2. The molecule has 1 saturated heterocycles. The van der Waals surface area contributed by atoms with E-state index in [-0.39, 0.29) is 0 Å². The molecule has 112 valence electrons. The van der Waals surface area contributed by atoms with Crippen molar-refractivity contribution in [3.8, 4) is 0 Å². The van der Waals surface area contributed by atoms with E-state index in [1.54, 1.807) is 6.07 Å². The van der Waals surface area contributed by atoms with E-state index >= 15 is 0 Å². The van der Waals surface area contributed by atoms with Crippen LogP contribution < -0.4 is 5.32 Å². The number of aryl methyl sites for hydroxylation is 1. The van der Waals surface area contributed by atoms with Crippen LogP contribution in [0.1, 0.15) is 44.9 Å². The Morgan fingerprint density at radius 1 is 1.25 bits per heavy atom. The van der Waals surface area contributed by atoms with Crippen LogP contribution in [0, 0.1) is 0 Å². The van der Waals surface area contributed by atoms with E-state index in [0.29, 0.717) is 5.15 Å². The number of halogens is 1. The lowest BCUT2D eigenvalue weighted by molar-refractivity contribution is 0.331. The van der Waals surface area contributed by atoms with Crippen molar-refractivity contribution in [1.29, 1.82) is 0 Å². The van der Waals surface area contributed by atoms with Crippen LogP contribution in [-0.2, 0) is 6.42 Å². The van der Waals surface area contributed by atoms with Crippen molar-refractivity contribution >= 4 is 17.4 Å². The molecule has 0 amide bonds. The van der Waals surface area contributed by atoms with Crippen molar-refractivity contribution in [2.24, 2.45) is 0 Å². The Morgan fingerprint density at radius 2 is 2.05 bits per heavy atom. The highest BCUT2D eigenvalue weighted by Gasteiger charge is 2.10. The summed E-state index contributed by atoms with van der Waals surface area (Å²) in [6, 6.07) is 1.81. The first kappa shape index (κ1) is 15.5. The molecule has 0 radical (unpaired) electrons. The average molecular weight is 297 g/mol. The van der Waals surface area contributed by atoms with Gasteiger partial charge in [0, 0.05) is 19.0 Å². The van der Waals surface area contributed by atoms with E-state index in [2.05, 4.69) is 27.1 Å². The van der Waals surface area contributed by atoms with Crippen LogP contribution in [0.25, 0.3) is 0 Å². The van der Waals surface area contributed by atoms with Gasteiger partial charge in [-0.25, -0.2) is 9.97 Å². The average Bonchev–Trinajstić information content (AvgIpc) is 2.91. The number of anilines is 1. The minimum absolute atomic E-state index is 0.531. The summed E-state index contributed by atoms with van der Waals surface area (Å²) in [7, 11) is 0. The Kier molecular flexibility index (Phi) is 6.54. The van der Waals surface area contributed by atoms with Crippen LogP contribution in [0.15, 0.2) is 6.07 Å². The summed E-state index contributed by atoms with van der Waals surface area (Å²) < 4.78 is 0. The van der Waals surface area contributed by atoms with Gasteiger partial charge >= 0.3 is 0 Å². The van der Waals surface area contributed by atoms with E-state index in [4.69, 9.17) is 11.6 Å². The van der Waals surface area contributed by atoms with Crippen LogP contribution in [0.4, 0.5) is 5.82 Å². The van der Waals surface area contributed by atoms with Gasteiger partial charge in [-0.15, -0.1) is 0 Å². The molecule has 1 N–H and O–H groups in total. The summed E-state index contributed by atoms with van der Waals surface area (Å²) in [6.07, 6.45) is 7.07. The lowest BCUT2D eigenvalue weighted by Gasteiger charge is -2.14. The second kappa shape index (κ2) is 8.42. The zero-order valence-corrected chi connectivity index (χ0v) is 13.1. The van der Waals surface area contributed by atoms with Crippen molar-refractivity contribution < 1.29 is 0 Å². The van der Waals surface area contributed by atoms with E-state index in [1.807, 2.05) is 0 Å². The Morgan fingerprint density at radius 3 is 2.80 bits per heavy atom. The van der Waals surface area contributed by atoms with Crippen molar-refractivity contribution in [2.75, 3.05) is 31.5 Å². The molecule has 1 aromatic rings. The summed E-state index contributed by atoms with van der Waals surface area (Å²) >= 11 is 6.01. The molecular weight excluding hydrogens is 272 g/mol. The second-order valence-corrected chi connectivity index (χ2v) is 5.81. The first-order valence-electron chi connectivity index (χ1n) is 7.77. The molecule has 0 atom stereocenters. The van der Waals surface area contributed by atoms with Crippen LogP contribution in [0.5, 0.6) is 0 Å². The molecule has 1 aliphatic heterocycles. The van der Waals surface area contributed by atoms with E-state index in [1.165, 1.54) is 45.3 Å². The number of likely N-dealkylation sites (tertiary alicyclic amines) is 1. The number of nitrogens with zero attached hydrogens (tertiary/aromatic N) is 3. The Balaban J connectivity index is 1.67. The Labute approximate surface area is 126 Å². The standard InChI is InChI=1S/C15H25ClN4/c1-2-7-14-18-13(16)12-15(19-14)17-8-3-4-9-20-10-5-6-11-20/h12H,2-11H2,1H3,(H,17,18,19). The zero-order valence-electron chi connectivity index (χ0n) is 12.4. The molecule has 1 aliphatic rings. The Bertz CT molecular complexity index is 405. The van der Waals surface area contributed by atoms with Crippen molar-refractivity contribution in [3.05, 3.63) is 17.0 Å². The van der Waals surface area contributed by atoms with Crippen LogP contribution in [0.2, 0.25) is 5.15 Å². The molecule has 5 heteroatoms. The second-order valence-electron chi connectivity index (χ2n) is 5.42. The third-order valence-electron chi connectivity index (χ3n) is 3.62. The van der Waals surface area contributed by atoms with Crippen LogP contribution in [0.3, 0.4) is 0 Å². The van der Waals surface area contributed by atoms with Gasteiger partial charge in [-0.3, -0.25) is 0 Å². The highest BCUT2D eigenvalue weighted by molar-refractivity contribution is 6.29. The molecule has 1 aromatic heterocycles. The number of unbranched alkanes of at least 4 members (excludes halogenated alkanes) is 1. The fourth-order valence-corrected chi connectivity index (χ4v) is 2.77. The summed E-state index contributed by atoms with van der Waals surface area (Å²) in [4.78, 5) is 11.3. The fraction of sp³-hybridized carbons (Fsp3) is 0.733. The molecule has 0 saturated carbocycles. The van der Waals surface area contributed by atoms with E-state index in [0.717, 1.165) is 31.0 Å². The molecule has 4 nitrogen and oxygen atoms in total. The molecule has 1 fully saturated rings. The number of rotatable bonds is 8. The highest BCUT2D eigenvalue weighted by Crippen LogP contribution is 2.13. The van der Waals surface area contributed by atoms with Crippen molar-refractivity contribution in [3.63, 3.8) is 0 Å². The van der Waals surface area contributed by atoms with Gasteiger partial charge in [-0.1, -0.05) is 18.5 Å². The van der Waals surface area contributed by atoms with E-state index in [9.17, 15) is 0 Å². The summed E-state index contributed by atoms with van der Waals surface area (Å²) in [5.41, 5.74) is 0. The molecule has 0 unspecified atom stereocenters. The topological polar surface area (TPSA) is 41.1 Å². The molecule has 2 heterocycles. The maximum atomic E-state index is 6.01. The third kappa shape index (κ3) is 5.25. The first-order chi connectivity index (χ1) is 9.78. The predicted octanol–water partition coefficient (Wildman–Crippen LogP) is 3.37. The maximum absolute atomic E-state index is 6.01. The minimum Gasteiger partial charge on any atom is -0.370 e. The van der Waals surface area contributed by atoms with Crippen molar-refractivity contribution in [1.82, 2.24) is 14.9 Å². The fourth-order valence-electron chi connectivity index (χ4n) is 2.57. The smallest absolute Gasteiger partial charge is 0.134 e. The minimum atomic E-state index is 0.531. The molecule has 0 aliphatic carbocycles. The molecule has 2 rings (SSSR count). The monoisotopic (exact) mass is 296 g/mol. The van der Waals surface area contributed by atoms with Gasteiger partial charge in [0.15, 0.2) is 0 Å². The lowest BCUT2D eigenvalue weighted by Crippen LogP contribution is -2.21. The first-order valence-corrected chi connectivity index (χ1v) is 8.15. The SMILES string of the molecule is CCCc1nc(Cl)cc(NCCCCN2CCCC2)n1. The normalized spacial score (nSPS) is 15.7. The number of aromatic nitrogens is 2. The quantitative estimate of drug-likeness (QED) is 0.590. The summed E-state index contributed by atoms with van der Waals surface area (Å²) in [6.45, 7) is 6.88. The van der Waals surface area contributed by atoms with Gasteiger partial charge in [0.1, 0.15) is 16.8 Å². The van der Waals surface area contributed by atoms with Crippen molar-refractivity contribution in [2.45, 2.75) is 45.4 Å². The molecule has 0 spiro atoms. The number of hydrogen-bond donors (Lipinski definition) is 1. The van der Waals surface area contributed by atoms with Gasteiger partial charge in [0.2, 0.25) is 0 Å². The highest BCUT2D eigenvalue weighted by atomic mass is 35.5. The summed E-state index contributed by atoms with van der Waals surface area (Å²) in [5, 5.41) is 3.89. The molecule has 20 heavy (non-hydrogen) atoms.